The van der Waals surface area contributed by atoms with Crippen LogP contribution in [0.25, 0.3) is 0 Å². The zero-order chi connectivity index (χ0) is 15.8. The van der Waals surface area contributed by atoms with Crippen molar-refractivity contribution in [3.05, 3.63) is 52.9 Å². The molecule has 1 aromatic heterocycles. The number of amides is 2. The van der Waals surface area contributed by atoms with Gasteiger partial charge in [-0.25, -0.2) is 4.79 Å². The van der Waals surface area contributed by atoms with E-state index in [-0.39, 0.29) is 25.3 Å². The summed E-state index contributed by atoms with van der Waals surface area (Å²) in [6.07, 6.45) is -0.290. The fraction of sp³-hybridized carbons (Fsp3) is 0.312. The summed E-state index contributed by atoms with van der Waals surface area (Å²) in [4.78, 5) is 11.9. The van der Waals surface area contributed by atoms with E-state index < -0.39 is 0 Å². The number of urea groups is 1. The van der Waals surface area contributed by atoms with E-state index in [9.17, 15) is 4.79 Å². The second-order valence-corrected chi connectivity index (χ2v) is 5.75. The number of aliphatic hydroxyl groups excluding tert-OH is 1. The van der Waals surface area contributed by atoms with Crippen LogP contribution in [-0.2, 0) is 4.74 Å². The van der Waals surface area contributed by atoms with Gasteiger partial charge in [-0.05, 0) is 30.0 Å². The van der Waals surface area contributed by atoms with Crippen molar-refractivity contribution in [3.63, 3.8) is 0 Å². The Morgan fingerprint density at radius 1 is 1.32 bits per heavy atom. The summed E-state index contributed by atoms with van der Waals surface area (Å²) in [6.45, 7) is 2.52. The van der Waals surface area contributed by atoms with Gasteiger partial charge in [0.15, 0.2) is 0 Å². The molecule has 0 aliphatic rings. The number of benzene rings is 1. The molecule has 22 heavy (non-hydrogen) atoms. The van der Waals surface area contributed by atoms with Crippen molar-refractivity contribution in [3.8, 4) is 0 Å². The molecule has 0 bridgehead atoms. The molecule has 3 N–H and O–H groups in total. The third-order valence-corrected chi connectivity index (χ3v) is 3.85. The fourth-order valence-electron chi connectivity index (χ4n) is 1.94. The third-order valence-electron chi connectivity index (χ3n) is 3.07. The van der Waals surface area contributed by atoms with Gasteiger partial charge in [0.2, 0.25) is 0 Å². The maximum atomic E-state index is 11.9. The molecule has 1 heterocycles. The second kappa shape index (κ2) is 8.53. The Balaban J connectivity index is 1.91. The Morgan fingerprint density at radius 2 is 2.09 bits per heavy atom. The fourth-order valence-corrected chi connectivity index (χ4v) is 2.55. The summed E-state index contributed by atoms with van der Waals surface area (Å²) < 4.78 is 5.61. The molecular formula is C16H20N2O3S. The minimum absolute atomic E-state index is 0.0518. The Kier molecular flexibility index (Phi) is 6.39. The first-order valence-electron chi connectivity index (χ1n) is 7.06. The molecule has 0 saturated carbocycles. The number of nitrogens with one attached hydrogen (secondary N) is 2. The van der Waals surface area contributed by atoms with Crippen LogP contribution in [-0.4, -0.2) is 30.9 Å². The SMILES string of the molecule is Cc1ccc([C@@H](CNC(=O)Nc2cccs2)OCCO)cc1. The first-order valence-corrected chi connectivity index (χ1v) is 7.94. The van der Waals surface area contributed by atoms with Crippen LogP contribution in [0.3, 0.4) is 0 Å². The molecule has 6 heteroatoms. The molecule has 0 saturated heterocycles. The molecule has 1 atom stereocenters. The van der Waals surface area contributed by atoms with Gasteiger partial charge in [0.05, 0.1) is 24.3 Å². The average Bonchev–Trinajstić information content (AvgIpc) is 3.01. The van der Waals surface area contributed by atoms with Gasteiger partial charge >= 0.3 is 6.03 Å². The number of anilines is 1. The minimum atomic E-state index is -0.290. The van der Waals surface area contributed by atoms with E-state index in [0.717, 1.165) is 16.1 Å². The summed E-state index contributed by atoms with van der Waals surface area (Å²) in [5, 5.41) is 17.2. The predicted molar refractivity (Wildman–Crippen MR) is 88.3 cm³/mol. The third kappa shape index (κ3) is 5.14. The number of thiophene rings is 1. The molecule has 0 radical (unpaired) electrons. The van der Waals surface area contributed by atoms with Gasteiger partial charge in [-0.1, -0.05) is 29.8 Å². The van der Waals surface area contributed by atoms with Gasteiger partial charge in [-0.2, -0.15) is 0 Å². The highest BCUT2D eigenvalue weighted by molar-refractivity contribution is 7.14. The van der Waals surface area contributed by atoms with Crippen LogP contribution in [0, 0.1) is 6.92 Å². The maximum Gasteiger partial charge on any atom is 0.319 e. The smallest absolute Gasteiger partial charge is 0.319 e. The molecule has 0 aliphatic heterocycles. The first-order chi connectivity index (χ1) is 10.7. The number of carbonyl (C=O) groups excluding carboxylic acids is 1. The number of hydrogen-bond acceptors (Lipinski definition) is 4. The molecule has 0 unspecified atom stereocenters. The number of carbonyl (C=O) groups is 1. The van der Waals surface area contributed by atoms with Crippen molar-refractivity contribution in [1.82, 2.24) is 5.32 Å². The quantitative estimate of drug-likeness (QED) is 0.734. The van der Waals surface area contributed by atoms with Crippen LogP contribution in [0.1, 0.15) is 17.2 Å². The van der Waals surface area contributed by atoms with Gasteiger partial charge in [0.1, 0.15) is 0 Å². The van der Waals surface area contributed by atoms with E-state index in [4.69, 9.17) is 9.84 Å². The highest BCUT2D eigenvalue weighted by atomic mass is 32.1. The van der Waals surface area contributed by atoms with Gasteiger partial charge in [0.25, 0.3) is 0 Å². The van der Waals surface area contributed by atoms with Crippen molar-refractivity contribution >= 4 is 22.4 Å². The Hall–Kier alpha value is -1.89. The second-order valence-electron chi connectivity index (χ2n) is 4.81. The van der Waals surface area contributed by atoms with Crippen molar-refractivity contribution in [2.24, 2.45) is 0 Å². The van der Waals surface area contributed by atoms with Crippen LogP contribution in [0.4, 0.5) is 9.80 Å². The van der Waals surface area contributed by atoms with Crippen LogP contribution in [0.15, 0.2) is 41.8 Å². The molecular weight excluding hydrogens is 300 g/mol. The molecule has 2 aromatic rings. The molecule has 118 valence electrons. The summed E-state index contributed by atoms with van der Waals surface area (Å²) in [7, 11) is 0. The highest BCUT2D eigenvalue weighted by Gasteiger charge is 2.13. The van der Waals surface area contributed by atoms with Crippen LogP contribution < -0.4 is 10.6 Å². The molecule has 5 nitrogen and oxygen atoms in total. The first kappa shape index (κ1) is 16.5. The maximum absolute atomic E-state index is 11.9. The lowest BCUT2D eigenvalue weighted by Gasteiger charge is -2.19. The number of aliphatic hydroxyl groups is 1. The zero-order valence-electron chi connectivity index (χ0n) is 12.4. The predicted octanol–water partition coefficient (Wildman–Crippen LogP) is 2.93. The number of ether oxygens (including phenoxy) is 1. The molecule has 0 aliphatic carbocycles. The molecule has 0 fully saturated rings. The van der Waals surface area contributed by atoms with Crippen LogP contribution in [0.2, 0.25) is 0 Å². The van der Waals surface area contributed by atoms with Crippen molar-refractivity contribution in [2.75, 3.05) is 25.1 Å². The largest absolute Gasteiger partial charge is 0.394 e. The summed E-state index contributed by atoms with van der Waals surface area (Å²) in [5.41, 5.74) is 2.13. The van der Waals surface area contributed by atoms with Crippen molar-refractivity contribution < 1.29 is 14.6 Å². The van der Waals surface area contributed by atoms with Gasteiger partial charge < -0.3 is 15.2 Å². The van der Waals surface area contributed by atoms with E-state index in [2.05, 4.69) is 10.6 Å². The lowest BCUT2D eigenvalue weighted by atomic mass is 10.1. The minimum Gasteiger partial charge on any atom is -0.394 e. The molecule has 1 aromatic carbocycles. The number of hydrogen-bond donors (Lipinski definition) is 3. The van der Waals surface area contributed by atoms with E-state index in [1.807, 2.05) is 48.7 Å². The molecule has 0 spiro atoms. The van der Waals surface area contributed by atoms with E-state index in [1.54, 1.807) is 0 Å². The highest BCUT2D eigenvalue weighted by Crippen LogP contribution is 2.18. The molecule has 2 rings (SSSR count). The van der Waals surface area contributed by atoms with Gasteiger partial charge in [-0.15, -0.1) is 11.3 Å². The zero-order valence-corrected chi connectivity index (χ0v) is 13.2. The topological polar surface area (TPSA) is 70.6 Å². The summed E-state index contributed by atoms with van der Waals surface area (Å²) in [5.74, 6) is 0. The summed E-state index contributed by atoms with van der Waals surface area (Å²) in [6, 6.07) is 11.4. The average molecular weight is 320 g/mol. The normalized spacial score (nSPS) is 11.9. The van der Waals surface area contributed by atoms with Crippen molar-refractivity contribution in [1.29, 1.82) is 0 Å². The monoisotopic (exact) mass is 320 g/mol. The lowest BCUT2D eigenvalue weighted by Crippen LogP contribution is -2.33. The van der Waals surface area contributed by atoms with Gasteiger partial charge in [0, 0.05) is 6.54 Å². The van der Waals surface area contributed by atoms with E-state index in [0.29, 0.717) is 6.54 Å². The Labute approximate surface area is 133 Å². The summed E-state index contributed by atoms with van der Waals surface area (Å²) >= 11 is 1.46. The molecule has 2 amide bonds. The van der Waals surface area contributed by atoms with Gasteiger partial charge in [-0.3, -0.25) is 5.32 Å². The van der Waals surface area contributed by atoms with E-state index >= 15 is 0 Å². The van der Waals surface area contributed by atoms with E-state index in [1.165, 1.54) is 11.3 Å². The van der Waals surface area contributed by atoms with Crippen molar-refractivity contribution in [2.45, 2.75) is 13.0 Å². The number of aryl methyl sites for hydroxylation is 1. The Bertz CT molecular complexity index is 570. The van der Waals surface area contributed by atoms with Crippen LogP contribution in [0.5, 0.6) is 0 Å². The number of rotatable bonds is 7. The van der Waals surface area contributed by atoms with Crippen LogP contribution >= 0.6 is 11.3 Å². The lowest BCUT2D eigenvalue weighted by molar-refractivity contribution is 0.0297. The Morgan fingerprint density at radius 3 is 2.73 bits per heavy atom. The standard InChI is InChI=1S/C16H20N2O3S/c1-12-4-6-13(7-5-12)14(21-9-8-19)11-17-16(20)18-15-3-2-10-22-15/h2-7,10,14,19H,8-9,11H2,1H3,(H2,17,18,20)/t14-/m1/s1.